The highest BCUT2D eigenvalue weighted by molar-refractivity contribution is 4.90. The van der Waals surface area contributed by atoms with Crippen LogP contribution in [0.4, 0.5) is 0 Å². The van der Waals surface area contributed by atoms with Crippen LogP contribution in [0.2, 0.25) is 0 Å². The van der Waals surface area contributed by atoms with Gasteiger partial charge in [0.15, 0.2) is 0 Å². The number of hydrogen-bond acceptors (Lipinski definition) is 3. The highest BCUT2D eigenvalue weighted by Gasteiger charge is 2.01. The summed E-state index contributed by atoms with van der Waals surface area (Å²) >= 11 is 0. The number of rotatable bonds is 22. The number of allylic oxidation sites excluding steroid dienone is 1. The minimum Gasteiger partial charge on any atom is -0.388 e. The first-order valence-corrected chi connectivity index (χ1v) is 12.0. The molecule has 0 aliphatic carbocycles. The monoisotopic (exact) mass is 381 g/mol. The van der Waals surface area contributed by atoms with Crippen molar-refractivity contribution >= 4 is 0 Å². The average molecular weight is 382 g/mol. The van der Waals surface area contributed by atoms with Crippen molar-refractivity contribution in [1.29, 1.82) is 0 Å². The normalized spacial score (nSPS) is 11.3. The summed E-state index contributed by atoms with van der Waals surface area (Å²) in [5.74, 6) is 0. The number of unbranched alkanes of at least 4 members (excludes halogenated alkanes) is 11. The summed E-state index contributed by atoms with van der Waals surface area (Å²) < 4.78 is 0. The Morgan fingerprint density at radius 1 is 0.704 bits per heavy atom. The van der Waals surface area contributed by atoms with Crippen molar-refractivity contribution in [3.63, 3.8) is 0 Å². The molecule has 0 aromatic rings. The zero-order valence-electron chi connectivity index (χ0n) is 19.1. The summed E-state index contributed by atoms with van der Waals surface area (Å²) in [5.41, 5.74) is 1.23. The maximum Gasteiger partial charge on any atom is 0.0271 e. The van der Waals surface area contributed by atoms with Crippen LogP contribution in [0.5, 0.6) is 0 Å². The topological polar surface area (TPSA) is 27.3 Å². The average Bonchev–Trinajstić information content (AvgIpc) is 2.67. The van der Waals surface area contributed by atoms with Crippen LogP contribution in [0.25, 0.3) is 0 Å². The molecule has 0 aromatic heterocycles. The smallest absolute Gasteiger partial charge is 0.0271 e. The summed E-state index contributed by atoms with van der Waals surface area (Å²) in [6, 6.07) is 0. The molecule has 0 aliphatic heterocycles. The van der Waals surface area contributed by atoms with Gasteiger partial charge in [-0.3, -0.25) is 0 Å². The SMILES string of the molecule is C=C(CCCCCCCCCCCCCCNC)NCCN(CC)CCC. The zero-order chi connectivity index (χ0) is 20.0. The van der Waals surface area contributed by atoms with Crippen molar-refractivity contribution in [1.82, 2.24) is 15.5 Å². The maximum atomic E-state index is 4.19. The molecule has 0 aromatic carbocycles. The first kappa shape index (κ1) is 26.5. The van der Waals surface area contributed by atoms with Gasteiger partial charge >= 0.3 is 0 Å². The van der Waals surface area contributed by atoms with E-state index in [2.05, 4.69) is 36.0 Å². The van der Waals surface area contributed by atoms with Crippen molar-refractivity contribution in [2.24, 2.45) is 0 Å². The number of likely N-dealkylation sites (N-methyl/N-ethyl adjacent to an activating group) is 1. The predicted molar refractivity (Wildman–Crippen MR) is 123 cm³/mol. The standard InChI is InChI=1S/C24H51N3/c1-5-22-27(6-2)23-21-26-24(3)19-17-15-13-11-9-7-8-10-12-14-16-18-20-25-4/h25-26H,3,5-23H2,1-2,4H3. The second kappa shape index (κ2) is 21.8. The van der Waals surface area contributed by atoms with Crippen LogP contribution in [-0.2, 0) is 0 Å². The number of nitrogens with one attached hydrogen (secondary N) is 2. The largest absolute Gasteiger partial charge is 0.388 e. The molecule has 0 aliphatic rings. The van der Waals surface area contributed by atoms with Gasteiger partial charge < -0.3 is 15.5 Å². The molecule has 2 N–H and O–H groups in total. The lowest BCUT2D eigenvalue weighted by molar-refractivity contribution is 0.290. The lowest BCUT2D eigenvalue weighted by Crippen LogP contribution is -2.32. The van der Waals surface area contributed by atoms with E-state index >= 15 is 0 Å². The molecule has 0 spiro atoms. The molecule has 0 bridgehead atoms. The Morgan fingerprint density at radius 3 is 1.70 bits per heavy atom. The Labute approximate surface area is 171 Å². The van der Waals surface area contributed by atoms with E-state index in [-0.39, 0.29) is 0 Å². The van der Waals surface area contributed by atoms with Crippen LogP contribution in [-0.4, -0.2) is 44.7 Å². The van der Waals surface area contributed by atoms with Gasteiger partial charge in [0.25, 0.3) is 0 Å². The van der Waals surface area contributed by atoms with Crippen molar-refractivity contribution in [2.75, 3.05) is 39.8 Å². The molecule has 0 atom stereocenters. The first-order chi connectivity index (χ1) is 13.2. The summed E-state index contributed by atoms with van der Waals surface area (Å²) in [6.45, 7) is 14.4. The molecular weight excluding hydrogens is 330 g/mol. The first-order valence-electron chi connectivity index (χ1n) is 12.0. The van der Waals surface area contributed by atoms with Crippen molar-refractivity contribution < 1.29 is 0 Å². The Bertz CT molecular complexity index is 304. The Hall–Kier alpha value is -0.540. The molecule has 0 amide bonds. The van der Waals surface area contributed by atoms with E-state index in [1.54, 1.807) is 0 Å². The van der Waals surface area contributed by atoms with Crippen LogP contribution in [0.15, 0.2) is 12.3 Å². The molecule has 0 unspecified atom stereocenters. The van der Waals surface area contributed by atoms with Gasteiger partial charge in [-0.2, -0.15) is 0 Å². The molecule has 27 heavy (non-hydrogen) atoms. The third-order valence-electron chi connectivity index (χ3n) is 5.45. The van der Waals surface area contributed by atoms with Gasteiger partial charge in [0.2, 0.25) is 0 Å². The molecule has 162 valence electrons. The maximum absolute atomic E-state index is 4.19. The minimum absolute atomic E-state index is 1.04. The van der Waals surface area contributed by atoms with Gasteiger partial charge in [-0.1, -0.05) is 84.6 Å². The van der Waals surface area contributed by atoms with E-state index in [4.69, 9.17) is 0 Å². The highest BCUT2D eigenvalue weighted by atomic mass is 15.1. The van der Waals surface area contributed by atoms with E-state index in [1.807, 2.05) is 7.05 Å². The van der Waals surface area contributed by atoms with Gasteiger partial charge in [0, 0.05) is 18.8 Å². The lowest BCUT2D eigenvalue weighted by Gasteiger charge is -2.20. The molecular formula is C24H51N3. The number of hydrogen-bond donors (Lipinski definition) is 2. The molecule has 0 saturated heterocycles. The fourth-order valence-corrected chi connectivity index (χ4v) is 3.63. The van der Waals surface area contributed by atoms with Crippen LogP contribution in [0, 0.1) is 0 Å². The second-order valence-corrected chi connectivity index (χ2v) is 8.06. The molecule has 3 nitrogen and oxygen atoms in total. The van der Waals surface area contributed by atoms with E-state index in [9.17, 15) is 0 Å². The molecule has 0 rings (SSSR count). The van der Waals surface area contributed by atoms with E-state index in [0.29, 0.717) is 0 Å². The minimum atomic E-state index is 1.04. The van der Waals surface area contributed by atoms with Crippen LogP contribution < -0.4 is 10.6 Å². The fourth-order valence-electron chi connectivity index (χ4n) is 3.63. The molecule has 3 heteroatoms. The zero-order valence-corrected chi connectivity index (χ0v) is 19.1. The predicted octanol–water partition coefficient (Wildman–Crippen LogP) is 6.11. The van der Waals surface area contributed by atoms with Gasteiger partial charge in [0.05, 0.1) is 0 Å². The summed E-state index contributed by atoms with van der Waals surface area (Å²) in [4.78, 5) is 2.50. The summed E-state index contributed by atoms with van der Waals surface area (Å²) in [7, 11) is 2.04. The molecule has 0 radical (unpaired) electrons. The second-order valence-electron chi connectivity index (χ2n) is 8.06. The lowest BCUT2D eigenvalue weighted by atomic mass is 10.0. The molecule has 0 saturated carbocycles. The summed E-state index contributed by atoms with van der Waals surface area (Å²) in [6.07, 6.45) is 19.2. The van der Waals surface area contributed by atoms with Gasteiger partial charge in [-0.05, 0) is 52.4 Å². The van der Waals surface area contributed by atoms with Crippen LogP contribution in [0.1, 0.15) is 104 Å². The van der Waals surface area contributed by atoms with E-state index in [1.165, 1.54) is 102 Å². The van der Waals surface area contributed by atoms with Gasteiger partial charge in [-0.15, -0.1) is 0 Å². The van der Waals surface area contributed by atoms with Crippen molar-refractivity contribution in [2.45, 2.75) is 104 Å². The fraction of sp³-hybridized carbons (Fsp3) is 0.917. The van der Waals surface area contributed by atoms with Crippen molar-refractivity contribution in [3.8, 4) is 0 Å². The Kier molecular flexibility index (Phi) is 21.3. The summed E-state index contributed by atoms with van der Waals surface area (Å²) in [5, 5.41) is 6.74. The molecule has 0 fully saturated rings. The van der Waals surface area contributed by atoms with E-state index in [0.717, 1.165) is 26.1 Å². The Morgan fingerprint density at radius 2 is 1.22 bits per heavy atom. The number of nitrogens with zero attached hydrogens (tertiary/aromatic N) is 1. The highest BCUT2D eigenvalue weighted by Crippen LogP contribution is 2.13. The van der Waals surface area contributed by atoms with E-state index < -0.39 is 0 Å². The van der Waals surface area contributed by atoms with Crippen molar-refractivity contribution in [3.05, 3.63) is 12.3 Å². The van der Waals surface area contributed by atoms with Gasteiger partial charge in [0.1, 0.15) is 0 Å². The Balaban J connectivity index is 3.24. The third-order valence-corrected chi connectivity index (χ3v) is 5.45. The van der Waals surface area contributed by atoms with Crippen LogP contribution in [0.3, 0.4) is 0 Å². The third kappa shape index (κ3) is 20.0. The van der Waals surface area contributed by atoms with Crippen LogP contribution >= 0.6 is 0 Å². The quantitative estimate of drug-likeness (QED) is 0.221. The van der Waals surface area contributed by atoms with Gasteiger partial charge in [-0.25, -0.2) is 0 Å². The molecule has 0 heterocycles.